The van der Waals surface area contributed by atoms with Crippen molar-refractivity contribution in [3.05, 3.63) is 27.9 Å². The smallest absolute Gasteiger partial charge is 0.323 e. The number of carbonyl (C=O) groups is 2. The van der Waals surface area contributed by atoms with Crippen molar-refractivity contribution in [2.45, 2.75) is 19.3 Å². The predicted molar refractivity (Wildman–Crippen MR) is 68.3 cm³/mol. The zero-order chi connectivity index (χ0) is 14.9. The minimum atomic E-state index is -0.915. The molecule has 0 aliphatic heterocycles. The van der Waals surface area contributed by atoms with Gasteiger partial charge in [-0.2, -0.15) is 0 Å². The van der Waals surface area contributed by atoms with Crippen LogP contribution >= 0.6 is 0 Å². The van der Waals surface area contributed by atoms with Crippen molar-refractivity contribution in [3.8, 4) is 0 Å². The molecule has 1 aromatic heterocycles. The summed E-state index contributed by atoms with van der Waals surface area (Å²) in [5, 5.41) is 22.4. The first-order chi connectivity index (χ1) is 9.37. The van der Waals surface area contributed by atoms with Crippen LogP contribution in [0.1, 0.15) is 29.8 Å². The molecule has 1 amide bonds. The lowest BCUT2D eigenvalue weighted by Crippen LogP contribution is -2.47. The Morgan fingerprint density at radius 1 is 1.50 bits per heavy atom. The first-order valence-corrected chi connectivity index (χ1v) is 6.19. The Bertz CT molecular complexity index is 574. The highest BCUT2D eigenvalue weighted by molar-refractivity contribution is 5.93. The zero-order valence-corrected chi connectivity index (χ0v) is 11.0. The molecule has 0 atom stereocenters. The van der Waals surface area contributed by atoms with Gasteiger partial charge in [-0.25, -0.2) is 4.57 Å². The monoisotopic (exact) mass is 281 g/mol. The number of amides is 1. The minimum absolute atomic E-state index is 0.0418. The van der Waals surface area contributed by atoms with E-state index in [1.165, 1.54) is 23.7 Å². The third-order valence-corrected chi connectivity index (χ3v) is 3.87. The second-order valence-electron chi connectivity index (χ2n) is 5.01. The van der Waals surface area contributed by atoms with Gasteiger partial charge in [-0.15, -0.1) is 0 Å². The van der Waals surface area contributed by atoms with Gasteiger partial charge in [-0.05, 0) is 23.8 Å². The number of hydrogen-bond acceptors (Lipinski definition) is 4. The molecule has 0 radical (unpaired) electrons. The standard InChI is InChI=1S/C12H15N3O5/c1-14-8(3-4-9(14)15(19)20)10(16)13-7-12(11(17)18)5-2-6-12/h3-4H,2,5-7H2,1H3,(H,13,16)(H,17,18). The van der Waals surface area contributed by atoms with E-state index in [9.17, 15) is 19.7 Å². The van der Waals surface area contributed by atoms with Crippen molar-refractivity contribution >= 4 is 17.7 Å². The maximum absolute atomic E-state index is 12.0. The highest BCUT2D eigenvalue weighted by Crippen LogP contribution is 2.40. The first-order valence-electron chi connectivity index (χ1n) is 6.19. The molecule has 0 unspecified atom stereocenters. The van der Waals surface area contributed by atoms with Gasteiger partial charge >= 0.3 is 11.8 Å². The van der Waals surface area contributed by atoms with Crippen LogP contribution in [0, 0.1) is 15.5 Å². The molecular weight excluding hydrogens is 266 g/mol. The molecule has 8 heteroatoms. The van der Waals surface area contributed by atoms with Crippen LogP contribution in [0.4, 0.5) is 5.82 Å². The van der Waals surface area contributed by atoms with Gasteiger partial charge in [0.25, 0.3) is 5.91 Å². The lowest BCUT2D eigenvalue weighted by atomic mass is 9.69. The molecule has 1 aromatic rings. The first kappa shape index (κ1) is 14.0. The lowest BCUT2D eigenvalue weighted by molar-refractivity contribution is -0.391. The highest BCUT2D eigenvalue weighted by Gasteiger charge is 2.44. The number of carboxylic acids is 1. The summed E-state index contributed by atoms with van der Waals surface area (Å²) in [7, 11) is 1.42. The number of hydrogen-bond donors (Lipinski definition) is 2. The largest absolute Gasteiger partial charge is 0.481 e. The summed E-state index contributed by atoms with van der Waals surface area (Å²) in [5.41, 5.74) is -0.746. The lowest BCUT2D eigenvalue weighted by Gasteiger charge is -2.37. The third-order valence-electron chi connectivity index (χ3n) is 3.87. The van der Waals surface area contributed by atoms with E-state index in [-0.39, 0.29) is 18.1 Å². The fourth-order valence-electron chi connectivity index (χ4n) is 2.32. The van der Waals surface area contributed by atoms with Gasteiger partial charge in [0.05, 0.1) is 12.5 Å². The number of rotatable bonds is 5. The van der Waals surface area contributed by atoms with E-state index in [1.807, 2.05) is 0 Å². The summed E-state index contributed by atoms with van der Waals surface area (Å²) < 4.78 is 1.17. The third kappa shape index (κ3) is 2.24. The molecule has 2 rings (SSSR count). The van der Waals surface area contributed by atoms with Crippen molar-refractivity contribution in [2.24, 2.45) is 12.5 Å². The van der Waals surface area contributed by atoms with Crippen molar-refractivity contribution in [1.29, 1.82) is 0 Å². The summed E-state index contributed by atoms with van der Waals surface area (Å²) in [6, 6.07) is 2.59. The van der Waals surface area contributed by atoms with E-state index in [0.717, 1.165) is 6.42 Å². The average molecular weight is 281 g/mol. The van der Waals surface area contributed by atoms with Crippen molar-refractivity contribution in [2.75, 3.05) is 6.54 Å². The molecule has 1 saturated carbocycles. The van der Waals surface area contributed by atoms with Gasteiger partial charge < -0.3 is 20.5 Å². The Balaban J connectivity index is 2.06. The molecule has 20 heavy (non-hydrogen) atoms. The molecule has 8 nitrogen and oxygen atoms in total. The number of nitro groups is 1. The van der Waals surface area contributed by atoms with Crippen LogP contribution in [0.3, 0.4) is 0 Å². The highest BCUT2D eigenvalue weighted by atomic mass is 16.6. The minimum Gasteiger partial charge on any atom is -0.481 e. The zero-order valence-electron chi connectivity index (χ0n) is 11.0. The van der Waals surface area contributed by atoms with Crippen molar-refractivity contribution in [1.82, 2.24) is 9.88 Å². The molecule has 0 aromatic carbocycles. The molecule has 1 aliphatic carbocycles. The molecule has 2 N–H and O–H groups in total. The second-order valence-corrected chi connectivity index (χ2v) is 5.01. The summed E-state index contributed by atoms with van der Waals surface area (Å²) in [4.78, 5) is 33.2. The van der Waals surface area contributed by atoms with Gasteiger partial charge in [-0.3, -0.25) is 9.59 Å². The fourth-order valence-corrected chi connectivity index (χ4v) is 2.32. The summed E-state index contributed by atoms with van der Waals surface area (Å²) in [5.74, 6) is -1.61. The molecular formula is C12H15N3O5. The SMILES string of the molecule is Cn1c(C(=O)NCC2(C(=O)O)CCC2)ccc1[N+](=O)[O-]. The maximum Gasteiger partial charge on any atom is 0.323 e. The normalized spacial score (nSPS) is 16.2. The Morgan fingerprint density at radius 3 is 2.55 bits per heavy atom. The summed E-state index contributed by atoms with van der Waals surface area (Å²) in [6.45, 7) is 0.0418. The van der Waals surface area contributed by atoms with Crippen LogP contribution in [0.5, 0.6) is 0 Å². The number of aliphatic carboxylic acids is 1. The van der Waals surface area contributed by atoms with E-state index in [0.29, 0.717) is 12.8 Å². The Morgan fingerprint density at radius 2 is 2.15 bits per heavy atom. The molecule has 0 spiro atoms. The van der Waals surface area contributed by atoms with Crippen LogP contribution < -0.4 is 5.32 Å². The van der Waals surface area contributed by atoms with Gasteiger partial charge in [0.1, 0.15) is 0 Å². The Labute approximate surface area is 114 Å². The molecule has 108 valence electrons. The Kier molecular flexibility index (Phi) is 3.47. The molecule has 0 saturated heterocycles. The van der Waals surface area contributed by atoms with E-state index in [1.54, 1.807) is 0 Å². The average Bonchev–Trinajstić information content (AvgIpc) is 2.69. The van der Waals surface area contributed by atoms with Crippen molar-refractivity contribution < 1.29 is 19.6 Å². The van der Waals surface area contributed by atoms with Crippen LogP contribution in [0.25, 0.3) is 0 Å². The van der Waals surface area contributed by atoms with Crippen LogP contribution in [0.15, 0.2) is 12.1 Å². The second kappa shape index (κ2) is 4.95. The number of carbonyl (C=O) groups excluding carboxylic acids is 1. The number of nitrogens with zero attached hydrogens (tertiary/aromatic N) is 2. The van der Waals surface area contributed by atoms with Crippen LogP contribution in [0.2, 0.25) is 0 Å². The summed E-state index contributed by atoms with van der Waals surface area (Å²) >= 11 is 0. The van der Waals surface area contributed by atoms with E-state index >= 15 is 0 Å². The molecule has 1 fully saturated rings. The summed E-state index contributed by atoms with van der Waals surface area (Å²) in [6.07, 6.45) is 1.91. The van der Waals surface area contributed by atoms with Crippen molar-refractivity contribution in [3.63, 3.8) is 0 Å². The molecule has 1 aliphatic rings. The predicted octanol–water partition coefficient (Wildman–Crippen LogP) is 0.918. The molecule has 1 heterocycles. The quantitative estimate of drug-likeness (QED) is 0.615. The molecule has 0 bridgehead atoms. The topological polar surface area (TPSA) is 114 Å². The Hall–Kier alpha value is -2.38. The van der Waals surface area contributed by atoms with Crippen LogP contribution in [-0.4, -0.2) is 33.0 Å². The number of nitrogens with one attached hydrogen (secondary N) is 1. The number of carboxylic acid groups (broad SMARTS) is 1. The van der Waals surface area contributed by atoms with Gasteiger partial charge in [0, 0.05) is 12.6 Å². The maximum atomic E-state index is 12.0. The van der Waals surface area contributed by atoms with E-state index < -0.39 is 22.2 Å². The van der Waals surface area contributed by atoms with Gasteiger partial charge in [0.15, 0.2) is 5.69 Å². The number of aromatic nitrogens is 1. The van der Waals surface area contributed by atoms with E-state index in [4.69, 9.17) is 5.11 Å². The van der Waals surface area contributed by atoms with Gasteiger partial charge in [-0.1, -0.05) is 6.42 Å². The van der Waals surface area contributed by atoms with E-state index in [2.05, 4.69) is 5.32 Å². The fraction of sp³-hybridized carbons (Fsp3) is 0.500. The van der Waals surface area contributed by atoms with Crippen LogP contribution in [-0.2, 0) is 11.8 Å². The van der Waals surface area contributed by atoms with Gasteiger partial charge in [0.2, 0.25) is 0 Å².